The number of carbonyl (C=O) groups excluding carboxylic acids is 1. The first kappa shape index (κ1) is 12.2. The predicted molar refractivity (Wildman–Crippen MR) is 74.2 cm³/mol. The lowest BCUT2D eigenvalue weighted by atomic mass is 10.2. The summed E-state index contributed by atoms with van der Waals surface area (Å²) < 4.78 is 6.23. The first-order chi connectivity index (χ1) is 9.67. The SMILES string of the molecule is COC(=O)c1ccc2nc(-c3ccc(N)cc3)nn2c1. The second-order valence-corrected chi connectivity index (χ2v) is 4.27. The third-order valence-electron chi connectivity index (χ3n) is 2.92. The van der Waals surface area contributed by atoms with Gasteiger partial charge in [0.25, 0.3) is 0 Å². The molecule has 0 saturated heterocycles. The highest BCUT2D eigenvalue weighted by Crippen LogP contribution is 2.18. The number of pyridine rings is 1. The number of carbonyl (C=O) groups is 1. The number of aromatic nitrogens is 3. The van der Waals surface area contributed by atoms with Gasteiger partial charge < -0.3 is 10.5 Å². The van der Waals surface area contributed by atoms with Crippen LogP contribution >= 0.6 is 0 Å². The number of nitrogen functional groups attached to an aromatic ring is 1. The van der Waals surface area contributed by atoms with Gasteiger partial charge in [0.1, 0.15) is 0 Å². The van der Waals surface area contributed by atoms with E-state index >= 15 is 0 Å². The number of anilines is 1. The number of nitrogens with two attached hydrogens (primary N) is 1. The van der Waals surface area contributed by atoms with Crippen LogP contribution in [0.25, 0.3) is 17.0 Å². The molecule has 0 unspecified atom stereocenters. The first-order valence-electron chi connectivity index (χ1n) is 5.98. The molecule has 0 aliphatic rings. The van der Waals surface area contributed by atoms with E-state index in [1.807, 2.05) is 12.1 Å². The van der Waals surface area contributed by atoms with Crippen LogP contribution in [0.4, 0.5) is 5.69 Å². The number of benzene rings is 1. The van der Waals surface area contributed by atoms with Crippen molar-refractivity contribution in [1.29, 1.82) is 0 Å². The molecule has 1 aromatic carbocycles. The van der Waals surface area contributed by atoms with Crippen LogP contribution in [0.2, 0.25) is 0 Å². The van der Waals surface area contributed by atoms with Crippen LogP contribution in [-0.2, 0) is 4.74 Å². The molecule has 0 radical (unpaired) electrons. The highest BCUT2D eigenvalue weighted by molar-refractivity contribution is 5.89. The summed E-state index contributed by atoms with van der Waals surface area (Å²) in [7, 11) is 1.34. The van der Waals surface area contributed by atoms with Gasteiger partial charge in [-0.15, -0.1) is 5.10 Å². The van der Waals surface area contributed by atoms with Crippen LogP contribution < -0.4 is 5.73 Å². The number of fused-ring (bicyclic) bond motifs is 1. The predicted octanol–water partition coefficient (Wildman–Crippen LogP) is 1.77. The highest BCUT2D eigenvalue weighted by atomic mass is 16.5. The minimum atomic E-state index is -0.406. The van der Waals surface area contributed by atoms with Crippen LogP contribution in [0.5, 0.6) is 0 Å². The molecule has 0 amide bonds. The van der Waals surface area contributed by atoms with Gasteiger partial charge in [-0.3, -0.25) is 0 Å². The fourth-order valence-corrected chi connectivity index (χ4v) is 1.88. The molecule has 2 aromatic heterocycles. The molecule has 6 heteroatoms. The van der Waals surface area contributed by atoms with Crippen molar-refractivity contribution in [2.45, 2.75) is 0 Å². The molecular formula is C14H12N4O2. The molecule has 0 spiro atoms. The zero-order valence-electron chi connectivity index (χ0n) is 10.8. The van der Waals surface area contributed by atoms with Crippen molar-refractivity contribution in [3.05, 3.63) is 48.2 Å². The van der Waals surface area contributed by atoms with E-state index in [-0.39, 0.29) is 0 Å². The molecule has 0 bridgehead atoms. The number of ether oxygens (including phenoxy) is 1. The minimum absolute atomic E-state index is 0.406. The summed E-state index contributed by atoms with van der Waals surface area (Å²) in [5, 5.41) is 4.35. The maximum Gasteiger partial charge on any atom is 0.339 e. The quantitative estimate of drug-likeness (QED) is 0.565. The van der Waals surface area contributed by atoms with Gasteiger partial charge in [-0.1, -0.05) is 0 Å². The lowest BCUT2D eigenvalue weighted by Crippen LogP contribution is -2.03. The molecule has 100 valence electrons. The minimum Gasteiger partial charge on any atom is -0.465 e. The van der Waals surface area contributed by atoms with Gasteiger partial charge >= 0.3 is 5.97 Å². The standard InChI is InChI=1S/C14H12N4O2/c1-20-14(19)10-4-7-12-16-13(17-18(12)8-10)9-2-5-11(15)6-3-9/h2-8H,15H2,1H3. The summed E-state index contributed by atoms with van der Waals surface area (Å²) in [6.45, 7) is 0. The normalized spacial score (nSPS) is 10.7. The molecule has 0 aliphatic heterocycles. The first-order valence-corrected chi connectivity index (χ1v) is 5.98. The highest BCUT2D eigenvalue weighted by Gasteiger charge is 2.10. The molecule has 6 nitrogen and oxygen atoms in total. The lowest BCUT2D eigenvalue weighted by Gasteiger charge is -1.98. The number of rotatable bonds is 2. The van der Waals surface area contributed by atoms with Gasteiger partial charge in [0.2, 0.25) is 0 Å². The molecule has 3 rings (SSSR count). The Morgan fingerprint density at radius 1 is 1.20 bits per heavy atom. The van der Waals surface area contributed by atoms with Crippen molar-refractivity contribution in [3.63, 3.8) is 0 Å². The molecule has 0 atom stereocenters. The van der Waals surface area contributed by atoms with E-state index in [2.05, 4.69) is 14.8 Å². The number of methoxy groups -OCH3 is 1. The Bertz CT molecular complexity index is 777. The lowest BCUT2D eigenvalue weighted by molar-refractivity contribution is 0.0600. The van der Waals surface area contributed by atoms with Gasteiger partial charge in [0.15, 0.2) is 11.5 Å². The molecule has 0 fully saturated rings. The molecule has 0 aliphatic carbocycles. The molecule has 2 heterocycles. The van der Waals surface area contributed by atoms with Gasteiger partial charge in [0, 0.05) is 17.4 Å². The van der Waals surface area contributed by atoms with Crippen molar-refractivity contribution in [2.24, 2.45) is 0 Å². The summed E-state index contributed by atoms with van der Waals surface area (Å²) >= 11 is 0. The average molecular weight is 268 g/mol. The maximum atomic E-state index is 11.5. The van der Waals surface area contributed by atoms with Crippen LogP contribution in [0.3, 0.4) is 0 Å². The zero-order valence-corrected chi connectivity index (χ0v) is 10.8. The van der Waals surface area contributed by atoms with Crippen molar-refractivity contribution in [3.8, 4) is 11.4 Å². The zero-order chi connectivity index (χ0) is 14.1. The molecule has 3 aromatic rings. The summed E-state index contributed by atoms with van der Waals surface area (Å²) in [5.74, 6) is 0.170. The summed E-state index contributed by atoms with van der Waals surface area (Å²) in [5.41, 5.74) is 8.28. The monoisotopic (exact) mass is 268 g/mol. The Balaban J connectivity index is 2.06. The van der Waals surface area contributed by atoms with Crippen LogP contribution in [0, 0.1) is 0 Å². The topological polar surface area (TPSA) is 82.5 Å². The van der Waals surface area contributed by atoms with Crippen LogP contribution in [0.15, 0.2) is 42.6 Å². The third kappa shape index (κ3) is 2.07. The molecule has 20 heavy (non-hydrogen) atoms. The maximum absolute atomic E-state index is 11.5. The van der Waals surface area contributed by atoms with Crippen molar-refractivity contribution in [1.82, 2.24) is 14.6 Å². The van der Waals surface area contributed by atoms with Crippen molar-refractivity contribution >= 4 is 17.3 Å². The summed E-state index contributed by atoms with van der Waals surface area (Å²) in [4.78, 5) is 15.9. The number of esters is 1. The van der Waals surface area contributed by atoms with Gasteiger partial charge in [-0.25, -0.2) is 14.3 Å². The van der Waals surface area contributed by atoms with E-state index < -0.39 is 5.97 Å². The largest absolute Gasteiger partial charge is 0.465 e. The van der Waals surface area contributed by atoms with E-state index in [1.165, 1.54) is 7.11 Å². The van der Waals surface area contributed by atoms with Gasteiger partial charge in [-0.05, 0) is 36.4 Å². The van der Waals surface area contributed by atoms with Gasteiger partial charge in [0.05, 0.1) is 12.7 Å². The van der Waals surface area contributed by atoms with E-state index in [4.69, 9.17) is 5.73 Å². The van der Waals surface area contributed by atoms with E-state index in [9.17, 15) is 4.79 Å². The summed E-state index contributed by atoms with van der Waals surface area (Å²) in [6, 6.07) is 10.7. The fraction of sp³-hybridized carbons (Fsp3) is 0.0714. The Kier molecular flexibility index (Phi) is 2.83. The van der Waals surface area contributed by atoms with E-state index in [1.54, 1.807) is 35.0 Å². The Hall–Kier alpha value is -2.89. The molecule has 0 saturated carbocycles. The second-order valence-electron chi connectivity index (χ2n) is 4.27. The summed E-state index contributed by atoms with van der Waals surface area (Å²) in [6.07, 6.45) is 1.59. The average Bonchev–Trinajstić information content (AvgIpc) is 2.90. The van der Waals surface area contributed by atoms with E-state index in [0.29, 0.717) is 22.7 Å². The molecule has 2 N–H and O–H groups in total. The van der Waals surface area contributed by atoms with E-state index in [0.717, 1.165) is 5.56 Å². The number of nitrogens with zero attached hydrogens (tertiary/aromatic N) is 3. The smallest absolute Gasteiger partial charge is 0.339 e. The van der Waals surface area contributed by atoms with Crippen molar-refractivity contribution < 1.29 is 9.53 Å². The Morgan fingerprint density at radius 2 is 1.95 bits per heavy atom. The molecular weight excluding hydrogens is 256 g/mol. The Labute approximate surface area is 114 Å². The number of hydrogen-bond donors (Lipinski definition) is 1. The van der Waals surface area contributed by atoms with Crippen molar-refractivity contribution in [2.75, 3.05) is 12.8 Å². The Morgan fingerprint density at radius 3 is 2.65 bits per heavy atom. The second kappa shape index (κ2) is 4.65. The fourth-order valence-electron chi connectivity index (χ4n) is 1.88. The van der Waals surface area contributed by atoms with Crippen LogP contribution in [-0.4, -0.2) is 27.7 Å². The number of hydrogen-bond acceptors (Lipinski definition) is 5. The van der Waals surface area contributed by atoms with Gasteiger partial charge in [-0.2, -0.15) is 0 Å². The van der Waals surface area contributed by atoms with Crippen LogP contribution in [0.1, 0.15) is 10.4 Å². The third-order valence-corrected chi connectivity index (χ3v) is 2.92.